The average molecular weight is 249 g/mol. The van der Waals surface area contributed by atoms with Crippen LogP contribution in [0.5, 0.6) is 0 Å². The number of amides is 1. The Labute approximate surface area is 109 Å². The van der Waals surface area contributed by atoms with Crippen LogP contribution in [0.15, 0.2) is 24.3 Å². The van der Waals surface area contributed by atoms with Crippen LogP contribution in [-0.2, 0) is 11.3 Å². The SMILES string of the molecule is CCNCc1cccc(NC(=O)C(C)C(C)N)c1. The molecule has 1 rings (SSSR count). The maximum atomic E-state index is 11.9. The van der Waals surface area contributed by atoms with Gasteiger partial charge >= 0.3 is 0 Å². The minimum Gasteiger partial charge on any atom is -0.327 e. The van der Waals surface area contributed by atoms with Gasteiger partial charge < -0.3 is 16.4 Å². The van der Waals surface area contributed by atoms with Crippen LogP contribution in [0.3, 0.4) is 0 Å². The Hall–Kier alpha value is -1.39. The van der Waals surface area contributed by atoms with E-state index in [1.54, 1.807) is 0 Å². The largest absolute Gasteiger partial charge is 0.327 e. The number of nitrogens with one attached hydrogen (secondary N) is 2. The second-order valence-electron chi connectivity index (χ2n) is 4.62. The maximum absolute atomic E-state index is 11.9. The van der Waals surface area contributed by atoms with Gasteiger partial charge in [-0.15, -0.1) is 0 Å². The van der Waals surface area contributed by atoms with Crippen LogP contribution >= 0.6 is 0 Å². The molecule has 18 heavy (non-hydrogen) atoms. The molecule has 0 radical (unpaired) electrons. The van der Waals surface area contributed by atoms with Gasteiger partial charge in [-0.05, 0) is 31.2 Å². The number of hydrogen-bond acceptors (Lipinski definition) is 3. The third-order valence-corrected chi connectivity index (χ3v) is 2.98. The van der Waals surface area contributed by atoms with E-state index in [0.717, 1.165) is 24.3 Å². The van der Waals surface area contributed by atoms with Crippen molar-refractivity contribution >= 4 is 11.6 Å². The maximum Gasteiger partial charge on any atom is 0.228 e. The molecule has 0 saturated carbocycles. The van der Waals surface area contributed by atoms with Crippen molar-refractivity contribution in [2.24, 2.45) is 11.7 Å². The normalized spacial score (nSPS) is 14.0. The summed E-state index contributed by atoms with van der Waals surface area (Å²) in [6.45, 7) is 7.48. The number of benzene rings is 1. The molecular weight excluding hydrogens is 226 g/mol. The summed E-state index contributed by atoms with van der Waals surface area (Å²) in [5.41, 5.74) is 7.69. The number of hydrogen-bond donors (Lipinski definition) is 3. The molecule has 0 saturated heterocycles. The Morgan fingerprint density at radius 2 is 2.11 bits per heavy atom. The summed E-state index contributed by atoms with van der Waals surface area (Å²) in [6.07, 6.45) is 0. The fourth-order valence-corrected chi connectivity index (χ4v) is 1.52. The highest BCUT2D eigenvalue weighted by Gasteiger charge is 2.16. The first kappa shape index (κ1) is 14.7. The van der Waals surface area contributed by atoms with E-state index < -0.39 is 0 Å². The minimum absolute atomic E-state index is 0.0365. The van der Waals surface area contributed by atoms with E-state index in [9.17, 15) is 4.79 Å². The fraction of sp³-hybridized carbons (Fsp3) is 0.500. The summed E-state index contributed by atoms with van der Waals surface area (Å²) >= 11 is 0. The van der Waals surface area contributed by atoms with Gasteiger partial charge in [-0.25, -0.2) is 0 Å². The molecular formula is C14H23N3O. The number of anilines is 1. The van der Waals surface area contributed by atoms with Crippen LogP contribution < -0.4 is 16.4 Å². The molecule has 1 aromatic rings. The van der Waals surface area contributed by atoms with Crippen LogP contribution in [-0.4, -0.2) is 18.5 Å². The monoisotopic (exact) mass is 249 g/mol. The standard InChI is InChI=1S/C14H23N3O/c1-4-16-9-12-6-5-7-13(8-12)17-14(18)10(2)11(3)15/h5-8,10-11,16H,4,9,15H2,1-3H3,(H,17,18). The summed E-state index contributed by atoms with van der Waals surface area (Å²) in [7, 11) is 0. The van der Waals surface area contributed by atoms with Crippen LogP contribution in [0.4, 0.5) is 5.69 Å². The van der Waals surface area contributed by atoms with Gasteiger partial charge in [0.05, 0.1) is 5.92 Å². The molecule has 4 N–H and O–H groups in total. The molecule has 4 heteroatoms. The lowest BCUT2D eigenvalue weighted by Gasteiger charge is -2.15. The molecule has 0 aromatic heterocycles. The Morgan fingerprint density at radius 1 is 1.39 bits per heavy atom. The van der Waals surface area contributed by atoms with E-state index >= 15 is 0 Å². The molecule has 0 fully saturated rings. The molecule has 0 aliphatic carbocycles. The second-order valence-corrected chi connectivity index (χ2v) is 4.62. The number of nitrogens with two attached hydrogens (primary N) is 1. The zero-order chi connectivity index (χ0) is 13.5. The summed E-state index contributed by atoms with van der Waals surface area (Å²) in [6, 6.07) is 7.71. The molecule has 0 aliphatic rings. The second kappa shape index (κ2) is 7.13. The molecule has 2 unspecified atom stereocenters. The lowest BCUT2D eigenvalue weighted by molar-refractivity contribution is -0.119. The minimum atomic E-state index is -0.192. The molecule has 1 amide bonds. The predicted molar refractivity (Wildman–Crippen MR) is 75.3 cm³/mol. The summed E-state index contributed by atoms with van der Waals surface area (Å²) in [4.78, 5) is 11.9. The van der Waals surface area contributed by atoms with Crippen LogP contribution in [0.25, 0.3) is 0 Å². The number of carbonyl (C=O) groups is 1. The van der Waals surface area contributed by atoms with E-state index in [1.807, 2.05) is 38.1 Å². The van der Waals surface area contributed by atoms with Crippen LogP contribution in [0.2, 0.25) is 0 Å². The fourth-order valence-electron chi connectivity index (χ4n) is 1.52. The highest BCUT2D eigenvalue weighted by atomic mass is 16.1. The molecule has 4 nitrogen and oxygen atoms in total. The van der Waals surface area contributed by atoms with Gasteiger partial charge in [0.15, 0.2) is 0 Å². The van der Waals surface area contributed by atoms with E-state index in [1.165, 1.54) is 0 Å². The quantitative estimate of drug-likeness (QED) is 0.719. The Balaban J connectivity index is 2.64. The number of carbonyl (C=O) groups excluding carboxylic acids is 1. The van der Waals surface area contributed by atoms with Crippen LogP contribution in [0, 0.1) is 5.92 Å². The van der Waals surface area contributed by atoms with Crippen molar-refractivity contribution in [1.29, 1.82) is 0 Å². The zero-order valence-corrected chi connectivity index (χ0v) is 11.4. The Kier molecular flexibility index (Phi) is 5.82. The van der Waals surface area contributed by atoms with Gasteiger partial charge in [-0.3, -0.25) is 4.79 Å². The van der Waals surface area contributed by atoms with Crippen LogP contribution in [0.1, 0.15) is 26.3 Å². The van der Waals surface area contributed by atoms with Gasteiger partial charge in [0.25, 0.3) is 0 Å². The Bertz CT molecular complexity index is 390. The van der Waals surface area contributed by atoms with Crippen molar-refractivity contribution in [2.75, 3.05) is 11.9 Å². The van der Waals surface area contributed by atoms with E-state index in [0.29, 0.717) is 0 Å². The Morgan fingerprint density at radius 3 is 2.72 bits per heavy atom. The molecule has 0 aliphatic heterocycles. The zero-order valence-electron chi connectivity index (χ0n) is 11.4. The summed E-state index contributed by atoms with van der Waals surface area (Å²) in [5.74, 6) is -0.229. The third-order valence-electron chi connectivity index (χ3n) is 2.98. The van der Waals surface area contributed by atoms with Gasteiger partial charge in [-0.2, -0.15) is 0 Å². The third kappa shape index (κ3) is 4.47. The van der Waals surface area contributed by atoms with E-state index in [2.05, 4.69) is 17.6 Å². The topological polar surface area (TPSA) is 67.1 Å². The van der Waals surface area contributed by atoms with Gasteiger partial charge in [-0.1, -0.05) is 26.0 Å². The van der Waals surface area contributed by atoms with E-state index in [4.69, 9.17) is 5.73 Å². The van der Waals surface area contributed by atoms with Gasteiger partial charge in [0.1, 0.15) is 0 Å². The van der Waals surface area contributed by atoms with E-state index in [-0.39, 0.29) is 17.9 Å². The lowest BCUT2D eigenvalue weighted by atomic mass is 10.0. The first-order valence-electron chi connectivity index (χ1n) is 6.40. The number of rotatable bonds is 6. The molecule has 0 spiro atoms. The molecule has 0 heterocycles. The lowest BCUT2D eigenvalue weighted by Crippen LogP contribution is -2.34. The van der Waals surface area contributed by atoms with Gasteiger partial charge in [0, 0.05) is 18.3 Å². The van der Waals surface area contributed by atoms with Crippen molar-refractivity contribution in [2.45, 2.75) is 33.4 Å². The van der Waals surface area contributed by atoms with Crippen molar-refractivity contribution < 1.29 is 4.79 Å². The van der Waals surface area contributed by atoms with Gasteiger partial charge in [0.2, 0.25) is 5.91 Å². The van der Waals surface area contributed by atoms with Crippen molar-refractivity contribution in [3.05, 3.63) is 29.8 Å². The predicted octanol–water partition coefficient (Wildman–Crippen LogP) is 1.72. The molecule has 100 valence electrons. The van der Waals surface area contributed by atoms with Crippen molar-refractivity contribution in [3.8, 4) is 0 Å². The smallest absolute Gasteiger partial charge is 0.228 e. The molecule has 2 atom stereocenters. The summed E-state index contributed by atoms with van der Waals surface area (Å²) < 4.78 is 0. The highest BCUT2D eigenvalue weighted by Crippen LogP contribution is 2.12. The first-order valence-corrected chi connectivity index (χ1v) is 6.40. The molecule has 0 bridgehead atoms. The average Bonchev–Trinajstić information content (AvgIpc) is 2.35. The highest BCUT2D eigenvalue weighted by molar-refractivity contribution is 5.92. The van der Waals surface area contributed by atoms with Crippen molar-refractivity contribution in [3.63, 3.8) is 0 Å². The van der Waals surface area contributed by atoms with Crippen molar-refractivity contribution in [1.82, 2.24) is 5.32 Å². The first-order chi connectivity index (χ1) is 8.54. The molecule has 1 aromatic carbocycles. The summed E-state index contributed by atoms with van der Waals surface area (Å²) in [5, 5.41) is 6.15.